The van der Waals surface area contributed by atoms with Gasteiger partial charge >= 0.3 is 0 Å². The van der Waals surface area contributed by atoms with E-state index in [0.717, 1.165) is 18.5 Å². The van der Waals surface area contributed by atoms with E-state index in [0.29, 0.717) is 12.5 Å². The van der Waals surface area contributed by atoms with Crippen LogP contribution >= 0.6 is 0 Å². The van der Waals surface area contributed by atoms with E-state index in [1.807, 2.05) is 7.05 Å². The Morgan fingerprint density at radius 2 is 1.94 bits per heavy atom. The van der Waals surface area contributed by atoms with E-state index in [1.54, 1.807) is 0 Å². The molecule has 3 heteroatoms. The first-order valence-electron chi connectivity index (χ1n) is 6.23. The number of hydrogen-bond donors (Lipinski definition) is 2. The SMILES string of the molecule is Cc1ccc(N(C)CC(N)(CO)C2CC2)cc1. The molecular weight excluding hydrogens is 212 g/mol. The van der Waals surface area contributed by atoms with Gasteiger partial charge in [0.05, 0.1) is 12.1 Å². The molecule has 17 heavy (non-hydrogen) atoms. The predicted molar refractivity (Wildman–Crippen MR) is 71.2 cm³/mol. The van der Waals surface area contributed by atoms with Crippen molar-refractivity contribution in [2.45, 2.75) is 25.3 Å². The van der Waals surface area contributed by atoms with Gasteiger partial charge in [-0.25, -0.2) is 0 Å². The largest absolute Gasteiger partial charge is 0.394 e. The molecule has 0 amide bonds. The molecule has 0 heterocycles. The maximum Gasteiger partial charge on any atom is 0.0631 e. The van der Waals surface area contributed by atoms with Crippen LogP contribution in [0.3, 0.4) is 0 Å². The van der Waals surface area contributed by atoms with Crippen LogP contribution in [0.15, 0.2) is 24.3 Å². The monoisotopic (exact) mass is 234 g/mol. The number of aryl methyl sites for hydroxylation is 1. The average molecular weight is 234 g/mol. The maximum absolute atomic E-state index is 9.48. The Balaban J connectivity index is 2.04. The summed E-state index contributed by atoms with van der Waals surface area (Å²) >= 11 is 0. The number of aliphatic hydroxyl groups excluding tert-OH is 1. The fourth-order valence-electron chi connectivity index (χ4n) is 2.30. The zero-order valence-electron chi connectivity index (χ0n) is 10.7. The van der Waals surface area contributed by atoms with Crippen LogP contribution in [0.5, 0.6) is 0 Å². The number of nitrogens with two attached hydrogens (primary N) is 1. The van der Waals surface area contributed by atoms with Gasteiger partial charge in [-0.15, -0.1) is 0 Å². The third-order valence-electron chi connectivity index (χ3n) is 3.69. The fourth-order valence-corrected chi connectivity index (χ4v) is 2.30. The molecule has 1 aromatic carbocycles. The molecule has 1 aliphatic rings. The lowest BCUT2D eigenvalue weighted by atomic mass is 9.95. The number of likely N-dealkylation sites (N-methyl/N-ethyl adjacent to an activating group) is 1. The van der Waals surface area contributed by atoms with E-state index in [9.17, 15) is 5.11 Å². The van der Waals surface area contributed by atoms with Crippen LogP contribution in [0.4, 0.5) is 5.69 Å². The zero-order chi connectivity index (χ0) is 12.5. The second-order valence-corrected chi connectivity index (χ2v) is 5.36. The van der Waals surface area contributed by atoms with Gasteiger partial charge in [0.25, 0.3) is 0 Å². The molecule has 0 aromatic heterocycles. The van der Waals surface area contributed by atoms with Crippen LogP contribution in [0.1, 0.15) is 18.4 Å². The van der Waals surface area contributed by atoms with Gasteiger partial charge in [0.2, 0.25) is 0 Å². The molecule has 0 spiro atoms. The number of benzene rings is 1. The molecule has 1 unspecified atom stereocenters. The maximum atomic E-state index is 9.48. The molecule has 0 radical (unpaired) electrons. The van der Waals surface area contributed by atoms with E-state index in [-0.39, 0.29) is 6.61 Å². The van der Waals surface area contributed by atoms with Crippen molar-refractivity contribution in [3.05, 3.63) is 29.8 Å². The van der Waals surface area contributed by atoms with Crippen molar-refractivity contribution in [3.8, 4) is 0 Å². The Hall–Kier alpha value is -1.06. The molecule has 1 atom stereocenters. The highest BCUT2D eigenvalue weighted by atomic mass is 16.3. The van der Waals surface area contributed by atoms with Crippen molar-refractivity contribution in [1.29, 1.82) is 0 Å². The second kappa shape index (κ2) is 4.67. The summed E-state index contributed by atoms with van der Waals surface area (Å²) in [5.74, 6) is 0.486. The molecule has 1 saturated carbocycles. The van der Waals surface area contributed by atoms with Crippen LogP contribution < -0.4 is 10.6 Å². The Kier molecular flexibility index (Phi) is 3.40. The molecule has 1 aromatic rings. The van der Waals surface area contributed by atoms with Crippen LogP contribution in [-0.2, 0) is 0 Å². The first kappa shape index (κ1) is 12.4. The third kappa shape index (κ3) is 2.79. The summed E-state index contributed by atoms with van der Waals surface area (Å²) in [6.07, 6.45) is 2.30. The normalized spacial score (nSPS) is 18.8. The Bertz CT molecular complexity index is 372. The van der Waals surface area contributed by atoms with Crippen LogP contribution in [0.2, 0.25) is 0 Å². The van der Waals surface area contributed by atoms with Crippen molar-refractivity contribution < 1.29 is 5.11 Å². The topological polar surface area (TPSA) is 49.5 Å². The summed E-state index contributed by atoms with van der Waals surface area (Å²) in [7, 11) is 2.03. The number of anilines is 1. The van der Waals surface area contributed by atoms with Gasteiger partial charge in [-0.05, 0) is 37.8 Å². The van der Waals surface area contributed by atoms with E-state index >= 15 is 0 Å². The molecule has 0 aliphatic heterocycles. The minimum atomic E-state index is -0.445. The molecular formula is C14H22N2O. The minimum absolute atomic E-state index is 0.0634. The highest BCUT2D eigenvalue weighted by Crippen LogP contribution is 2.38. The lowest BCUT2D eigenvalue weighted by Crippen LogP contribution is -2.54. The number of nitrogens with zero attached hydrogens (tertiary/aromatic N) is 1. The van der Waals surface area contributed by atoms with Crippen LogP contribution in [-0.4, -0.2) is 30.8 Å². The number of rotatable bonds is 5. The van der Waals surface area contributed by atoms with E-state index in [4.69, 9.17) is 5.73 Å². The Morgan fingerprint density at radius 1 is 1.35 bits per heavy atom. The summed E-state index contributed by atoms with van der Waals surface area (Å²) in [5.41, 5.74) is 8.24. The van der Waals surface area contributed by atoms with Gasteiger partial charge in [0.1, 0.15) is 0 Å². The molecule has 1 aliphatic carbocycles. The Labute approximate surface area is 103 Å². The summed E-state index contributed by atoms with van der Waals surface area (Å²) in [5, 5.41) is 9.48. The van der Waals surface area contributed by atoms with Crippen molar-refractivity contribution in [2.24, 2.45) is 11.7 Å². The van der Waals surface area contributed by atoms with E-state index < -0.39 is 5.54 Å². The van der Waals surface area contributed by atoms with Crippen LogP contribution in [0, 0.1) is 12.8 Å². The molecule has 3 nitrogen and oxygen atoms in total. The van der Waals surface area contributed by atoms with Crippen molar-refractivity contribution in [2.75, 3.05) is 25.1 Å². The highest BCUT2D eigenvalue weighted by Gasteiger charge is 2.42. The fraction of sp³-hybridized carbons (Fsp3) is 0.571. The van der Waals surface area contributed by atoms with Crippen LogP contribution in [0.25, 0.3) is 0 Å². The predicted octanol–water partition coefficient (Wildman–Crippen LogP) is 1.53. The molecule has 0 saturated heterocycles. The first-order valence-corrected chi connectivity index (χ1v) is 6.23. The lowest BCUT2D eigenvalue weighted by Gasteiger charge is -2.33. The van der Waals surface area contributed by atoms with Gasteiger partial charge in [0, 0.05) is 19.3 Å². The van der Waals surface area contributed by atoms with Crippen molar-refractivity contribution >= 4 is 5.69 Å². The van der Waals surface area contributed by atoms with Gasteiger partial charge in [-0.1, -0.05) is 17.7 Å². The first-order chi connectivity index (χ1) is 8.05. The van der Waals surface area contributed by atoms with E-state index in [2.05, 4.69) is 36.1 Å². The van der Waals surface area contributed by atoms with Gasteiger partial charge < -0.3 is 15.7 Å². The second-order valence-electron chi connectivity index (χ2n) is 5.36. The molecule has 2 rings (SSSR count). The van der Waals surface area contributed by atoms with Gasteiger partial charge in [0.15, 0.2) is 0 Å². The minimum Gasteiger partial charge on any atom is -0.394 e. The lowest BCUT2D eigenvalue weighted by molar-refractivity contribution is 0.181. The smallest absolute Gasteiger partial charge is 0.0631 e. The van der Waals surface area contributed by atoms with Crippen molar-refractivity contribution in [3.63, 3.8) is 0 Å². The standard InChI is InChI=1S/C14H22N2O/c1-11-3-7-13(8-4-11)16(2)9-14(15,10-17)12-5-6-12/h3-4,7-8,12,17H,5-6,9-10,15H2,1-2H3. The zero-order valence-corrected chi connectivity index (χ0v) is 10.7. The quantitative estimate of drug-likeness (QED) is 0.812. The molecule has 0 bridgehead atoms. The highest BCUT2D eigenvalue weighted by molar-refractivity contribution is 5.47. The molecule has 94 valence electrons. The molecule has 3 N–H and O–H groups in total. The third-order valence-corrected chi connectivity index (χ3v) is 3.69. The number of aliphatic hydroxyl groups is 1. The summed E-state index contributed by atoms with van der Waals surface area (Å²) in [6.45, 7) is 2.85. The summed E-state index contributed by atoms with van der Waals surface area (Å²) in [4.78, 5) is 2.13. The van der Waals surface area contributed by atoms with Gasteiger partial charge in [-0.3, -0.25) is 0 Å². The number of hydrogen-bond acceptors (Lipinski definition) is 3. The Morgan fingerprint density at radius 3 is 2.41 bits per heavy atom. The molecule has 1 fully saturated rings. The van der Waals surface area contributed by atoms with Gasteiger partial charge in [-0.2, -0.15) is 0 Å². The van der Waals surface area contributed by atoms with E-state index in [1.165, 1.54) is 5.56 Å². The average Bonchev–Trinajstić information content (AvgIpc) is 3.13. The van der Waals surface area contributed by atoms with Crippen molar-refractivity contribution in [1.82, 2.24) is 0 Å². The summed E-state index contributed by atoms with van der Waals surface area (Å²) < 4.78 is 0. The summed E-state index contributed by atoms with van der Waals surface area (Å²) in [6, 6.07) is 8.39.